The second kappa shape index (κ2) is 6.75. The lowest BCUT2D eigenvalue weighted by molar-refractivity contribution is -0.148. The standard InChI is InChI=1S/C22H23NO2/c1-2-25-22(24)17-12-13-21-19(14-17)18-10-6-7-11-20(18)23(21)15-16-8-4-3-5-9-16/h3-11,17H,2,12-15H2,1H3. The molecule has 128 valence electrons. The van der Waals surface area contributed by atoms with Gasteiger partial charge in [0.15, 0.2) is 0 Å². The van der Waals surface area contributed by atoms with Crippen LogP contribution in [0.2, 0.25) is 0 Å². The largest absolute Gasteiger partial charge is 0.466 e. The topological polar surface area (TPSA) is 31.2 Å². The summed E-state index contributed by atoms with van der Waals surface area (Å²) in [5.41, 5.74) is 5.28. The summed E-state index contributed by atoms with van der Waals surface area (Å²) in [7, 11) is 0. The van der Waals surface area contributed by atoms with Crippen LogP contribution in [0.15, 0.2) is 54.6 Å². The summed E-state index contributed by atoms with van der Waals surface area (Å²) in [6.07, 6.45) is 2.59. The van der Waals surface area contributed by atoms with Crippen LogP contribution in [0.5, 0.6) is 0 Å². The second-order valence-corrected chi connectivity index (χ2v) is 6.71. The molecule has 1 heterocycles. The van der Waals surface area contributed by atoms with Crippen LogP contribution in [0.1, 0.15) is 30.2 Å². The van der Waals surface area contributed by atoms with Crippen molar-refractivity contribution in [2.24, 2.45) is 5.92 Å². The van der Waals surface area contributed by atoms with Crippen LogP contribution >= 0.6 is 0 Å². The molecule has 0 bridgehead atoms. The maximum atomic E-state index is 12.2. The van der Waals surface area contributed by atoms with E-state index in [9.17, 15) is 4.79 Å². The van der Waals surface area contributed by atoms with Crippen LogP contribution < -0.4 is 0 Å². The summed E-state index contributed by atoms with van der Waals surface area (Å²) in [6, 6.07) is 19.1. The van der Waals surface area contributed by atoms with Gasteiger partial charge in [0.05, 0.1) is 12.5 Å². The van der Waals surface area contributed by atoms with Crippen molar-refractivity contribution in [2.45, 2.75) is 32.7 Å². The van der Waals surface area contributed by atoms with Gasteiger partial charge < -0.3 is 9.30 Å². The number of rotatable bonds is 4. The average Bonchev–Trinajstić information content (AvgIpc) is 2.96. The highest BCUT2D eigenvalue weighted by Gasteiger charge is 2.30. The van der Waals surface area contributed by atoms with Gasteiger partial charge in [-0.05, 0) is 43.4 Å². The van der Waals surface area contributed by atoms with Gasteiger partial charge in [-0.2, -0.15) is 0 Å². The van der Waals surface area contributed by atoms with E-state index in [2.05, 4.69) is 59.2 Å². The molecule has 2 aromatic carbocycles. The molecule has 0 radical (unpaired) electrons. The lowest BCUT2D eigenvalue weighted by Crippen LogP contribution is -2.25. The number of nitrogens with zero attached hydrogens (tertiary/aromatic N) is 1. The van der Waals surface area contributed by atoms with E-state index in [1.807, 2.05) is 6.92 Å². The Labute approximate surface area is 148 Å². The van der Waals surface area contributed by atoms with Crippen molar-refractivity contribution in [3.8, 4) is 0 Å². The van der Waals surface area contributed by atoms with Gasteiger partial charge >= 0.3 is 5.97 Å². The Morgan fingerprint density at radius 1 is 1.12 bits per heavy atom. The van der Waals surface area contributed by atoms with E-state index in [0.29, 0.717) is 6.61 Å². The van der Waals surface area contributed by atoms with Gasteiger partial charge in [-0.25, -0.2) is 0 Å². The number of hydrogen-bond donors (Lipinski definition) is 0. The Hall–Kier alpha value is -2.55. The number of fused-ring (bicyclic) bond motifs is 3. The zero-order chi connectivity index (χ0) is 17.2. The third kappa shape index (κ3) is 2.95. The number of carbonyl (C=O) groups excluding carboxylic acids is 1. The molecule has 0 amide bonds. The fourth-order valence-corrected chi connectivity index (χ4v) is 4.01. The van der Waals surface area contributed by atoms with E-state index in [4.69, 9.17) is 4.74 Å². The summed E-state index contributed by atoms with van der Waals surface area (Å²) in [4.78, 5) is 12.2. The Morgan fingerprint density at radius 2 is 1.88 bits per heavy atom. The number of para-hydroxylation sites is 1. The molecule has 0 aliphatic heterocycles. The molecule has 0 spiro atoms. The van der Waals surface area contributed by atoms with Gasteiger partial charge in [-0.3, -0.25) is 4.79 Å². The molecule has 25 heavy (non-hydrogen) atoms. The molecule has 0 N–H and O–H groups in total. The molecule has 1 aromatic heterocycles. The number of carbonyl (C=O) groups is 1. The van der Waals surface area contributed by atoms with Crippen LogP contribution in [0.3, 0.4) is 0 Å². The zero-order valence-corrected chi connectivity index (χ0v) is 14.6. The highest BCUT2D eigenvalue weighted by Crippen LogP contribution is 2.35. The summed E-state index contributed by atoms with van der Waals surface area (Å²) in [5.74, 6) is -0.0588. The van der Waals surface area contributed by atoms with Gasteiger partial charge in [-0.1, -0.05) is 48.5 Å². The highest BCUT2D eigenvalue weighted by molar-refractivity contribution is 5.87. The van der Waals surface area contributed by atoms with Crippen LogP contribution in [0, 0.1) is 5.92 Å². The van der Waals surface area contributed by atoms with Gasteiger partial charge in [0.1, 0.15) is 0 Å². The molecule has 3 nitrogen and oxygen atoms in total. The third-order valence-corrected chi connectivity index (χ3v) is 5.18. The summed E-state index contributed by atoms with van der Waals surface area (Å²) >= 11 is 0. The molecule has 1 aliphatic carbocycles. The number of esters is 1. The molecule has 3 aromatic rings. The van der Waals surface area contributed by atoms with Crippen molar-refractivity contribution >= 4 is 16.9 Å². The van der Waals surface area contributed by atoms with Crippen LogP contribution in [0.4, 0.5) is 0 Å². The predicted molar refractivity (Wildman–Crippen MR) is 99.6 cm³/mol. The lowest BCUT2D eigenvalue weighted by atomic mass is 9.86. The Balaban J connectivity index is 1.75. The van der Waals surface area contributed by atoms with Gasteiger partial charge in [0, 0.05) is 23.1 Å². The molecule has 1 unspecified atom stereocenters. The minimum absolute atomic E-state index is 0.0107. The van der Waals surface area contributed by atoms with Crippen molar-refractivity contribution in [3.05, 3.63) is 71.4 Å². The second-order valence-electron chi connectivity index (χ2n) is 6.71. The number of benzene rings is 2. The van der Waals surface area contributed by atoms with Crippen molar-refractivity contribution in [2.75, 3.05) is 6.61 Å². The van der Waals surface area contributed by atoms with Crippen molar-refractivity contribution in [3.63, 3.8) is 0 Å². The van der Waals surface area contributed by atoms with E-state index in [-0.39, 0.29) is 11.9 Å². The smallest absolute Gasteiger partial charge is 0.309 e. The minimum Gasteiger partial charge on any atom is -0.466 e. The maximum absolute atomic E-state index is 12.2. The van der Waals surface area contributed by atoms with Crippen LogP contribution in [-0.4, -0.2) is 17.1 Å². The van der Waals surface area contributed by atoms with Crippen LogP contribution in [0.25, 0.3) is 10.9 Å². The molecule has 3 heteroatoms. The number of ether oxygens (including phenoxy) is 1. The van der Waals surface area contributed by atoms with Gasteiger partial charge in [-0.15, -0.1) is 0 Å². The molecule has 1 atom stereocenters. The van der Waals surface area contributed by atoms with E-state index in [1.165, 1.54) is 27.7 Å². The lowest BCUT2D eigenvalue weighted by Gasteiger charge is -2.22. The number of aromatic nitrogens is 1. The minimum atomic E-state index is -0.0481. The van der Waals surface area contributed by atoms with Gasteiger partial charge in [0.2, 0.25) is 0 Å². The molecular weight excluding hydrogens is 310 g/mol. The van der Waals surface area contributed by atoms with E-state index >= 15 is 0 Å². The predicted octanol–water partition coefficient (Wildman–Crippen LogP) is 4.36. The first-order valence-electron chi connectivity index (χ1n) is 9.07. The third-order valence-electron chi connectivity index (χ3n) is 5.18. The quantitative estimate of drug-likeness (QED) is 0.664. The summed E-state index contributed by atoms with van der Waals surface area (Å²) < 4.78 is 7.70. The van der Waals surface area contributed by atoms with Gasteiger partial charge in [0.25, 0.3) is 0 Å². The van der Waals surface area contributed by atoms with Crippen molar-refractivity contribution < 1.29 is 9.53 Å². The monoisotopic (exact) mass is 333 g/mol. The molecule has 0 saturated carbocycles. The highest BCUT2D eigenvalue weighted by atomic mass is 16.5. The average molecular weight is 333 g/mol. The molecule has 4 rings (SSSR count). The molecule has 0 saturated heterocycles. The first kappa shape index (κ1) is 15.9. The zero-order valence-electron chi connectivity index (χ0n) is 14.6. The fraction of sp³-hybridized carbons (Fsp3) is 0.318. The fourth-order valence-electron chi connectivity index (χ4n) is 4.01. The molecular formula is C22H23NO2. The van der Waals surface area contributed by atoms with Crippen LogP contribution in [-0.2, 0) is 28.9 Å². The van der Waals surface area contributed by atoms with E-state index in [0.717, 1.165) is 25.8 Å². The SMILES string of the molecule is CCOC(=O)C1CCc2c(c3ccccc3n2Cc2ccccc2)C1. The van der Waals surface area contributed by atoms with E-state index in [1.54, 1.807) is 0 Å². The Morgan fingerprint density at radius 3 is 2.68 bits per heavy atom. The van der Waals surface area contributed by atoms with Crippen molar-refractivity contribution in [1.29, 1.82) is 0 Å². The maximum Gasteiger partial charge on any atom is 0.309 e. The Bertz CT molecular complexity index is 895. The first-order chi connectivity index (χ1) is 12.3. The Kier molecular flexibility index (Phi) is 4.31. The van der Waals surface area contributed by atoms with E-state index < -0.39 is 0 Å². The molecule has 1 aliphatic rings. The normalized spacial score (nSPS) is 16.6. The summed E-state index contributed by atoms with van der Waals surface area (Å²) in [6.45, 7) is 3.20. The summed E-state index contributed by atoms with van der Waals surface area (Å²) in [5, 5.41) is 1.28. The molecule has 0 fully saturated rings. The number of hydrogen-bond acceptors (Lipinski definition) is 2. The first-order valence-corrected chi connectivity index (χ1v) is 9.07. The van der Waals surface area contributed by atoms with Crippen molar-refractivity contribution in [1.82, 2.24) is 4.57 Å².